The Labute approximate surface area is 254 Å². The Bertz CT molecular complexity index is 1320. The first-order chi connectivity index (χ1) is 20.9. The summed E-state index contributed by atoms with van der Waals surface area (Å²) in [5, 5.41) is 8.13. The van der Waals surface area contributed by atoms with E-state index in [9.17, 15) is 27.6 Å². The number of rotatable bonds is 9. The van der Waals surface area contributed by atoms with E-state index < -0.39 is 11.7 Å². The number of halogens is 3. The Morgan fingerprint density at radius 2 is 1.59 bits per heavy atom. The lowest BCUT2D eigenvalue weighted by atomic mass is 9.84. The van der Waals surface area contributed by atoms with Crippen LogP contribution in [-0.2, 0) is 20.6 Å². The van der Waals surface area contributed by atoms with Gasteiger partial charge in [0.15, 0.2) is 0 Å². The Hall–Kier alpha value is -4.30. The van der Waals surface area contributed by atoms with E-state index in [0.29, 0.717) is 44.0 Å². The van der Waals surface area contributed by atoms with Crippen LogP contribution < -0.4 is 30.5 Å². The minimum absolute atomic E-state index is 0.0335. The molecule has 1 aromatic heterocycles. The summed E-state index contributed by atoms with van der Waals surface area (Å²) in [6, 6.07) is 5.41. The van der Waals surface area contributed by atoms with Gasteiger partial charge >= 0.3 is 6.18 Å². The first kappa shape index (κ1) is 32.6. The molecule has 0 aliphatic carbocycles. The number of hydrogen-bond acceptors (Lipinski definition) is 9. The second kappa shape index (κ2) is 14.0. The van der Waals surface area contributed by atoms with E-state index in [1.165, 1.54) is 26.1 Å². The molecule has 12 nitrogen and oxygen atoms in total. The molecule has 2 aliphatic rings. The lowest BCUT2D eigenvalue weighted by Gasteiger charge is -2.39. The molecule has 1 aromatic carbocycles. The van der Waals surface area contributed by atoms with Crippen LogP contribution in [0.5, 0.6) is 5.75 Å². The molecule has 2 atom stereocenters. The fourth-order valence-corrected chi connectivity index (χ4v) is 5.77. The summed E-state index contributed by atoms with van der Waals surface area (Å²) >= 11 is 0. The predicted octanol–water partition coefficient (Wildman–Crippen LogP) is 2.63. The van der Waals surface area contributed by atoms with Gasteiger partial charge in [-0.2, -0.15) is 18.2 Å². The molecule has 3 heterocycles. The number of amides is 3. The Balaban J connectivity index is 1.61. The van der Waals surface area contributed by atoms with Gasteiger partial charge in [0.1, 0.15) is 17.1 Å². The van der Waals surface area contributed by atoms with E-state index in [1.54, 1.807) is 17.9 Å². The number of carbonyl (C=O) groups is 3. The number of alkyl halides is 3. The number of nitrogens with zero attached hydrogens (tertiary/aromatic N) is 5. The van der Waals surface area contributed by atoms with Crippen LogP contribution in [0, 0.1) is 11.8 Å². The number of benzene rings is 1. The summed E-state index contributed by atoms with van der Waals surface area (Å²) in [7, 11) is 4.50. The Morgan fingerprint density at radius 1 is 0.977 bits per heavy atom. The summed E-state index contributed by atoms with van der Waals surface area (Å²) < 4.78 is 48.2. The largest absolute Gasteiger partial charge is 0.494 e. The number of methoxy groups -OCH3 is 1. The number of piperazine rings is 1. The smallest absolute Gasteiger partial charge is 0.421 e. The number of nitrogens with one attached hydrogen (secondary N) is 3. The molecular formula is C29H39F3N8O4. The van der Waals surface area contributed by atoms with Crippen LogP contribution in [0.15, 0.2) is 24.4 Å². The molecule has 44 heavy (non-hydrogen) atoms. The van der Waals surface area contributed by atoms with E-state index in [1.807, 2.05) is 12.1 Å². The van der Waals surface area contributed by atoms with E-state index in [0.717, 1.165) is 11.9 Å². The quantitative estimate of drug-likeness (QED) is 0.387. The predicted molar refractivity (Wildman–Crippen MR) is 159 cm³/mol. The number of hydrogen-bond donors (Lipinski definition) is 3. The molecule has 2 fully saturated rings. The molecule has 0 saturated carbocycles. The summed E-state index contributed by atoms with van der Waals surface area (Å²) in [4.78, 5) is 49.7. The highest BCUT2D eigenvalue weighted by molar-refractivity contribution is 5.77. The van der Waals surface area contributed by atoms with Crippen LogP contribution in [0.2, 0.25) is 0 Å². The van der Waals surface area contributed by atoms with E-state index in [-0.39, 0.29) is 67.3 Å². The third-order valence-corrected chi connectivity index (χ3v) is 8.02. The fourth-order valence-electron chi connectivity index (χ4n) is 5.77. The molecule has 0 radical (unpaired) electrons. The number of ether oxygens (including phenoxy) is 1. The topological polar surface area (TPSA) is 132 Å². The van der Waals surface area contributed by atoms with Crippen molar-refractivity contribution in [2.45, 2.75) is 32.4 Å². The Kier molecular flexibility index (Phi) is 10.4. The maximum Gasteiger partial charge on any atom is 0.421 e. The molecular weight excluding hydrogens is 581 g/mol. The molecule has 0 bridgehead atoms. The van der Waals surface area contributed by atoms with Crippen molar-refractivity contribution in [3.8, 4) is 5.75 Å². The van der Waals surface area contributed by atoms with Crippen LogP contribution in [0.1, 0.15) is 31.7 Å². The van der Waals surface area contributed by atoms with E-state index in [4.69, 9.17) is 4.74 Å². The van der Waals surface area contributed by atoms with Crippen LogP contribution in [0.3, 0.4) is 0 Å². The monoisotopic (exact) mass is 620 g/mol. The summed E-state index contributed by atoms with van der Waals surface area (Å²) in [5.74, 6) is -0.933. The number of aromatic nitrogens is 2. The molecule has 4 rings (SSSR count). The third-order valence-electron chi connectivity index (χ3n) is 8.02. The molecule has 15 heteroatoms. The van der Waals surface area contributed by atoms with Crippen LogP contribution in [-0.4, -0.2) is 93.1 Å². The molecule has 240 valence electrons. The van der Waals surface area contributed by atoms with Crippen molar-refractivity contribution >= 4 is 40.9 Å². The zero-order chi connectivity index (χ0) is 32.0. The minimum atomic E-state index is -4.73. The molecule has 2 aliphatic heterocycles. The number of piperidine rings is 1. The van der Waals surface area contributed by atoms with Gasteiger partial charge in [-0.05, 0) is 30.4 Å². The highest BCUT2D eigenvalue weighted by Crippen LogP contribution is 2.39. The van der Waals surface area contributed by atoms with Gasteiger partial charge in [-0.15, -0.1) is 0 Å². The minimum Gasteiger partial charge on any atom is -0.494 e. The summed E-state index contributed by atoms with van der Waals surface area (Å²) in [5.41, 5.74) is 0.328. The van der Waals surface area contributed by atoms with Crippen molar-refractivity contribution in [1.29, 1.82) is 0 Å². The molecule has 2 saturated heterocycles. The van der Waals surface area contributed by atoms with Crippen molar-refractivity contribution in [3.63, 3.8) is 0 Å². The van der Waals surface area contributed by atoms with Gasteiger partial charge in [-0.3, -0.25) is 14.4 Å². The highest BCUT2D eigenvalue weighted by Gasteiger charge is 2.39. The van der Waals surface area contributed by atoms with Crippen LogP contribution in [0.25, 0.3) is 0 Å². The number of anilines is 4. The Morgan fingerprint density at radius 3 is 2.11 bits per heavy atom. The van der Waals surface area contributed by atoms with Crippen molar-refractivity contribution in [2.75, 3.05) is 75.6 Å². The second-order valence-corrected chi connectivity index (χ2v) is 11.1. The lowest BCUT2D eigenvalue weighted by Crippen LogP contribution is -2.48. The van der Waals surface area contributed by atoms with Gasteiger partial charge < -0.3 is 35.4 Å². The summed E-state index contributed by atoms with van der Waals surface area (Å²) in [6.07, 6.45) is -3.24. The molecule has 3 amide bonds. The van der Waals surface area contributed by atoms with E-state index in [2.05, 4.69) is 30.8 Å². The van der Waals surface area contributed by atoms with Crippen molar-refractivity contribution in [3.05, 3.63) is 30.0 Å². The molecule has 2 aromatic rings. The molecule has 0 unspecified atom stereocenters. The van der Waals surface area contributed by atoms with Crippen LogP contribution >= 0.6 is 0 Å². The van der Waals surface area contributed by atoms with Gasteiger partial charge in [0.25, 0.3) is 0 Å². The second-order valence-electron chi connectivity index (χ2n) is 11.1. The fraction of sp³-hybridized carbons (Fsp3) is 0.552. The van der Waals surface area contributed by atoms with Crippen molar-refractivity contribution in [1.82, 2.24) is 25.5 Å². The summed E-state index contributed by atoms with van der Waals surface area (Å²) in [6.45, 7) is 4.37. The maximum atomic E-state index is 14.2. The van der Waals surface area contributed by atoms with Crippen LogP contribution in [0.4, 0.5) is 36.3 Å². The normalized spacial score (nSPS) is 18.9. The number of carbonyl (C=O) groups excluding carboxylic acids is 3. The van der Waals surface area contributed by atoms with Gasteiger partial charge in [-0.1, -0.05) is 0 Å². The van der Waals surface area contributed by atoms with Crippen molar-refractivity contribution < 1.29 is 32.3 Å². The lowest BCUT2D eigenvalue weighted by molar-refractivity contribution is -0.137. The zero-order valence-corrected chi connectivity index (χ0v) is 25.3. The van der Waals surface area contributed by atoms with Gasteiger partial charge in [0.05, 0.1) is 12.8 Å². The maximum absolute atomic E-state index is 14.2. The standard InChI is InChI=1S/C29H39F3N8O4/c1-18(41)38-7-9-39(10-8-38)21-5-6-23(24(14-21)44-4)36-28-35-15-22(29(30,31)32)27(37-28)40-16-19(12-25(42)33-2)11-20(17-40)13-26(43)34-3/h5-6,14-15,19-20H,7-13,16-17H2,1-4H3,(H,33,42)(H,34,43)(H,35,36,37)/t19-,20+. The average Bonchev–Trinajstić information content (AvgIpc) is 3.00. The first-order valence-electron chi connectivity index (χ1n) is 14.5. The van der Waals surface area contributed by atoms with Gasteiger partial charge in [-0.25, -0.2) is 4.98 Å². The van der Waals surface area contributed by atoms with Crippen molar-refractivity contribution in [2.24, 2.45) is 11.8 Å². The van der Waals surface area contributed by atoms with Gasteiger partial charge in [0.2, 0.25) is 23.7 Å². The zero-order valence-electron chi connectivity index (χ0n) is 25.3. The first-order valence-corrected chi connectivity index (χ1v) is 14.5. The van der Waals surface area contributed by atoms with E-state index >= 15 is 0 Å². The third kappa shape index (κ3) is 7.99. The molecule has 0 spiro atoms. The molecule has 3 N–H and O–H groups in total. The highest BCUT2D eigenvalue weighted by atomic mass is 19.4. The van der Waals surface area contributed by atoms with Gasteiger partial charge in [0, 0.05) is 91.1 Å². The average molecular weight is 621 g/mol. The SMILES string of the molecule is CNC(=O)C[C@@H]1C[C@H](CC(=O)NC)CN(c2nc(Nc3ccc(N4CCN(C(C)=O)CC4)cc3OC)ncc2C(F)(F)F)C1.